The van der Waals surface area contributed by atoms with Crippen molar-refractivity contribution in [3.05, 3.63) is 60.4 Å². The maximum absolute atomic E-state index is 4.39. The second kappa shape index (κ2) is 5.14. The standard InChI is InChI=1S/C16H19N3/c1-11(2)15-6-8-16(9-7-15)17-14(5)19-13(4)10-12(3)18-19/h6-10,17H,1,5H2,2-4H3. The minimum Gasteiger partial charge on any atom is -0.341 e. The summed E-state index contributed by atoms with van der Waals surface area (Å²) in [6, 6.07) is 10.1. The van der Waals surface area contributed by atoms with Crippen molar-refractivity contribution in [2.75, 3.05) is 5.32 Å². The molecular weight excluding hydrogens is 234 g/mol. The van der Waals surface area contributed by atoms with E-state index in [2.05, 4.69) is 23.6 Å². The average molecular weight is 253 g/mol. The van der Waals surface area contributed by atoms with Gasteiger partial charge in [0.05, 0.1) is 5.69 Å². The fourth-order valence-corrected chi connectivity index (χ4v) is 1.96. The van der Waals surface area contributed by atoms with Gasteiger partial charge in [-0.25, -0.2) is 4.68 Å². The van der Waals surface area contributed by atoms with Crippen LogP contribution in [0, 0.1) is 13.8 Å². The van der Waals surface area contributed by atoms with Crippen molar-refractivity contribution in [1.29, 1.82) is 0 Å². The number of allylic oxidation sites excluding steroid dienone is 1. The fourth-order valence-electron chi connectivity index (χ4n) is 1.96. The van der Waals surface area contributed by atoms with Gasteiger partial charge in [0.1, 0.15) is 5.82 Å². The third kappa shape index (κ3) is 2.94. The SMILES string of the molecule is C=C(C)c1ccc(NC(=C)n2nc(C)cc2C)cc1. The number of hydrogen-bond donors (Lipinski definition) is 1. The molecule has 0 bridgehead atoms. The van der Waals surface area contributed by atoms with Gasteiger partial charge in [0.25, 0.3) is 0 Å². The van der Waals surface area contributed by atoms with E-state index in [9.17, 15) is 0 Å². The second-order valence-corrected chi connectivity index (χ2v) is 4.77. The molecule has 0 aliphatic carbocycles. The lowest BCUT2D eigenvalue weighted by atomic mass is 10.1. The largest absolute Gasteiger partial charge is 0.341 e. The summed E-state index contributed by atoms with van der Waals surface area (Å²) in [6.07, 6.45) is 0. The molecule has 0 atom stereocenters. The summed E-state index contributed by atoms with van der Waals surface area (Å²) in [5, 5.41) is 7.65. The van der Waals surface area contributed by atoms with Crippen molar-refractivity contribution in [1.82, 2.24) is 9.78 Å². The van der Waals surface area contributed by atoms with Gasteiger partial charge in [-0.3, -0.25) is 0 Å². The number of rotatable bonds is 4. The highest BCUT2D eigenvalue weighted by Crippen LogP contribution is 2.18. The zero-order valence-corrected chi connectivity index (χ0v) is 11.7. The highest BCUT2D eigenvalue weighted by Gasteiger charge is 2.04. The lowest BCUT2D eigenvalue weighted by Crippen LogP contribution is -2.08. The van der Waals surface area contributed by atoms with E-state index < -0.39 is 0 Å². The molecule has 0 aliphatic rings. The normalized spacial score (nSPS) is 10.3. The molecule has 0 aliphatic heterocycles. The van der Waals surface area contributed by atoms with Gasteiger partial charge in [-0.2, -0.15) is 5.10 Å². The summed E-state index contributed by atoms with van der Waals surface area (Å²) in [5.41, 5.74) is 5.24. The van der Waals surface area contributed by atoms with Crippen molar-refractivity contribution < 1.29 is 0 Å². The van der Waals surface area contributed by atoms with Crippen molar-refractivity contribution in [3.63, 3.8) is 0 Å². The molecule has 3 heteroatoms. The first kappa shape index (κ1) is 13.1. The van der Waals surface area contributed by atoms with E-state index in [1.807, 2.05) is 55.8 Å². The van der Waals surface area contributed by atoms with E-state index in [4.69, 9.17) is 0 Å². The van der Waals surface area contributed by atoms with E-state index in [1.54, 1.807) is 0 Å². The monoisotopic (exact) mass is 253 g/mol. The highest BCUT2D eigenvalue weighted by atomic mass is 15.3. The van der Waals surface area contributed by atoms with Crippen LogP contribution in [0.1, 0.15) is 23.9 Å². The van der Waals surface area contributed by atoms with E-state index in [0.29, 0.717) is 0 Å². The minimum absolute atomic E-state index is 0.744. The smallest absolute Gasteiger partial charge is 0.124 e. The van der Waals surface area contributed by atoms with Crippen LogP contribution >= 0.6 is 0 Å². The molecular formula is C16H19N3. The van der Waals surface area contributed by atoms with Gasteiger partial charge < -0.3 is 5.32 Å². The average Bonchev–Trinajstić information content (AvgIpc) is 2.69. The van der Waals surface area contributed by atoms with Gasteiger partial charge in [-0.15, -0.1) is 0 Å². The highest BCUT2D eigenvalue weighted by molar-refractivity contribution is 5.67. The molecule has 0 unspecified atom stereocenters. The number of nitrogens with zero attached hydrogens (tertiary/aromatic N) is 2. The molecule has 2 aromatic rings. The van der Waals surface area contributed by atoms with Gasteiger partial charge in [0.15, 0.2) is 0 Å². The van der Waals surface area contributed by atoms with Gasteiger partial charge in [0.2, 0.25) is 0 Å². The van der Waals surface area contributed by atoms with Gasteiger partial charge in [0, 0.05) is 11.4 Å². The van der Waals surface area contributed by atoms with Gasteiger partial charge in [-0.05, 0) is 44.5 Å². The molecule has 0 spiro atoms. The third-order valence-corrected chi connectivity index (χ3v) is 2.93. The second-order valence-electron chi connectivity index (χ2n) is 4.77. The maximum Gasteiger partial charge on any atom is 0.124 e. The van der Waals surface area contributed by atoms with Crippen LogP contribution in [-0.4, -0.2) is 9.78 Å². The summed E-state index contributed by atoms with van der Waals surface area (Å²) >= 11 is 0. The number of aromatic nitrogens is 2. The molecule has 0 saturated carbocycles. The molecule has 3 nitrogen and oxygen atoms in total. The number of anilines is 1. The van der Waals surface area contributed by atoms with Crippen molar-refractivity contribution in [2.24, 2.45) is 0 Å². The molecule has 0 fully saturated rings. The molecule has 2 rings (SSSR count). The van der Waals surface area contributed by atoms with Crippen molar-refractivity contribution in [2.45, 2.75) is 20.8 Å². The Morgan fingerprint density at radius 2 is 1.79 bits per heavy atom. The summed E-state index contributed by atoms with van der Waals surface area (Å²) in [6.45, 7) is 13.9. The number of aryl methyl sites for hydroxylation is 2. The van der Waals surface area contributed by atoms with Crippen LogP contribution in [0.15, 0.2) is 43.5 Å². The summed E-state index contributed by atoms with van der Waals surface area (Å²) in [4.78, 5) is 0. The van der Waals surface area contributed by atoms with Crippen molar-refractivity contribution in [3.8, 4) is 0 Å². The van der Waals surface area contributed by atoms with Crippen LogP contribution in [0.5, 0.6) is 0 Å². The van der Waals surface area contributed by atoms with Crippen LogP contribution < -0.4 is 5.32 Å². The zero-order valence-electron chi connectivity index (χ0n) is 11.7. The first-order valence-electron chi connectivity index (χ1n) is 6.23. The molecule has 1 heterocycles. The van der Waals surface area contributed by atoms with E-state index in [1.165, 1.54) is 0 Å². The Morgan fingerprint density at radius 1 is 1.16 bits per heavy atom. The Kier molecular flexibility index (Phi) is 3.56. The predicted molar refractivity (Wildman–Crippen MR) is 81.8 cm³/mol. The van der Waals surface area contributed by atoms with Crippen LogP contribution in [0.2, 0.25) is 0 Å². The first-order chi connectivity index (χ1) is 8.97. The summed E-state index contributed by atoms with van der Waals surface area (Å²) in [7, 11) is 0. The maximum atomic E-state index is 4.39. The molecule has 19 heavy (non-hydrogen) atoms. The van der Waals surface area contributed by atoms with E-state index in [0.717, 1.165) is 34.0 Å². The molecule has 1 N–H and O–H groups in total. The van der Waals surface area contributed by atoms with Gasteiger partial charge in [-0.1, -0.05) is 30.9 Å². The summed E-state index contributed by atoms with van der Waals surface area (Å²) < 4.78 is 1.81. The molecule has 0 radical (unpaired) electrons. The number of hydrogen-bond acceptors (Lipinski definition) is 2. The quantitative estimate of drug-likeness (QED) is 0.890. The molecule has 0 saturated heterocycles. The topological polar surface area (TPSA) is 29.9 Å². The Morgan fingerprint density at radius 3 is 2.26 bits per heavy atom. The predicted octanol–water partition coefficient (Wildman–Crippen LogP) is 4.07. The number of benzene rings is 1. The molecule has 0 amide bonds. The van der Waals surface area contributed by atoms with E-state index in [-0.39, 0.29) is 0 Å². The van der Waals surface area contributed by atoms with Gasteiger partial charge >= 0.3 is 0 Å². The van der Waals surface area contributed by atoms with Crippen LogP contribution in [0.4, 0.5) is 5.69 Å². The van der Waals surface area contributed by atoms with Crippen LogP contribution in [0.25, 0.3) is 11.4 Å². The number of nitrogens with one attached hydrogen (secondary N) is 1. The van der Waals surface area contributed by atoms with Crippen LogP contribution in [0.3, 0.4) is 0 Å². The fraction of sp³-hybridized carbons (Fsp3) is 0.188. The zero-order chi connectivity index (χ0) is 14.0. The third-order valence-electron chi connectivity index (χ3n) is 2.93. The Labute approximate surface area is 114 Å². The Bertz CT molecular complexity index is 618. The summed E-state index contributed by atoms with van der Waals surface area (Å²) in [5.74, 6) is 0.744. The lowest BCUT2D eigenvalue weighted by Gasteiger charge is -2.11. The van der Waals surface area contributed by atoms with E-state index >= 15 is 0 Å². The molecule has 1 aromatic heterocycles. The minimum atomic E-state index is 0.744. The molecule has 98 valence electrons. The first-order valence-corrected chi connectivity index (χ1v) is 6.23. The Hall–Kier alpha value is -2.29. The van der Waals surface area contributed by atoms with Crippen LogP contribution in [-0.2, 0) is 0 Å². The Balaban J connectivity index is 2.15. The molecule has 1 aromatic carbocycles. The lowest BCUT2D eigenvalue weighted by molar-refractivity contribution is 0.852. The van der Waals surface area contributed by atoms with Crippen molar-refractivity contribution >= 4 is 17.1 Å².